The van der Waals surface area contributed by atoms with Crippen molar-refractivity contribution in [2.24, 2.45) is 5.73 Å². The summed E-state index contributed by atoms with van der Waals surface area (Å²) in [6.45, 7) is 6.73. The van der Waals surface area contributed by atoms with Crippen LogP contribution in [-0.4, -0.2) is 56.5 Å². The molecule has 0 aliphatic carbocycles. The van der Waals surface area contributed by atoms with Crippen molar-refractivity contribution in [1.29, 1.82) is 0 Å². The number of hydrogen-bond acceptors (Lipinski definition) is 5. The molecule has 0 spiro atoms. The average Bonchev–Trinajstić information content (AvgIpc) is 3.30. The Balaban J connectivity index is 1.25. The van der Waals surface area contributed by atoms with E-state index >= 15 is 0 Å². The van der Waals surface area contributed by atoms with Crippen molar-refractivity contribution < 1.29 is 14.6 Å². The fraction of sp³-hybridized carbons (Fsp3) is 0.581. The van der Waals surface area contributed by atoms with Gasteiger partial charge in [-0.3, -0.25) is 4.79 Å². The van der Waals surface area contributed by atoms with E-state index < -0.39 is 0 Å². The van der Waals surface area contributed by atoms with Crippen LogP contribution in [0.1, 0.15) is 78.9 Å². The normalized spacial score (nSPS) is 13.6. The number of nitrogens with zero attached hydrogens (tertiary/aromatic N) is 1. The molecule has 0 radical (unpaired) electrons. The topological polar surface area (TPSA) is 87.8 Å². The number of amides is 1. The maximum Gasteiger partial charge on any atom is 0.250 e. The second-order valence-electron chi connectivity index (χ2n) is 10.4. The molecule has 0 saturated heterocycles. The number of aryl methyl sites for hydroxylation is 1. The second kappa shape index (κ2) is 16.4. The first-order chi connectivity index (χ1) is 18.1. The summed E-state index contributed by atoms with van der Waals surface area (Å²) in [5, 5.41) is 12.8. The summed E-state index contributed by atoms with van der Waals surface area (Å²) in [6.07, 6.45) is 10.7. The minimum absolute atomic E-state index is 0.155. The van der Waals surface area contributed by atoms with Crippen LogP contribution in [0.15, 0.2) is 42.5 Å². The summed E-state index contributed by atoms with van der Waals surface area (Å²) in [7, 11) is 0. The Morgan fingerprint density at radius 1 is 1.03 bits per heavy atom. The Bertz CT molecular complexity index is 935. The number of nitrogens with two attached hydrogens (primary N) is 1. The standard InChI is InChI=1S/C31H47N3O3/c1-25(22-27-23-28-15-18-34(17-11-19-35)30(28)29(24-27)31(32)36)33-16-8-2-3-9-20-37-21-10-7-14-26-12-5-4-6-13-26/h4-6,12-13,23-25,33,35H,2-3,7-11,14-22H2,1H3,(H2,32,36). The van der Waals surface area contributed by atoms with Gasteiger partial charge < -0.3 is 25.8 Å². The number of anilines is 1. The van der Waals surface area contributed by atoms with E-state index in [2.05, 4.69) is 53.5 Å². The molecule has 4 N–H and O–H groups in total. The Morgan fingerprint density at radius 2 is 1.78 bits per heavy atom. The van der Waals surface area contributed by atoms with E-state index in [1.54, 1.807) is 0 Å². The third kappa shape index (κ3) is 10.1. The number of carbonyl (C=O) groups is 1. The van der Waals surface area contributed by atoms with E-state index in [0.717, 1.165) is 82.6 Å². The van der Waals surface area contributed by atoms with Crippen molar-refractivity contribution >= 4 is 11.6 Å². The number of benzene rings is 2. The van der Waals surface area contributed by atoms with Gasteiger partial charge in [0, 0.05) is 39.0 Å². The first-order valence-corrected chi connectivity index (χ1v) is 14.2. The van der Waals surface area contributed by atoms with Crippen molar-refractivity contribution in [2.45, 2.75) is 77.2 Å². The molecule has 1 aliphatic heterocycles. The van der Waals surface area contributed by atoms with E-state index in [4.69, 9.17) is 10.5 Å². The van der Waals surface area contributed by atoms with Crippen LogP contribution < -0.4 is 16.0 Å². The molecule has 3 rings (SSSR count). The van der Waals surface area contributed by atoms with Gasteiger partial charge in [0.2, 0.25) is 0 Å². The van der Waals surface area contributed by atoms with E-state index in [-0.39, 0.29) is 12.5 Å². The zero-order valence-corrected chi connectivity index (χ0v) is 22.7. The largest absolute Gasteiger partial charge is 0.396 e. The van der Waals surface area contributed by atoms with Gasteiger partial charge >= 0.3 is 0 Å². The zero-order chi connectivity index (χ0) is 26.3. The summed E-state index contributed by atoms with van der Waals surface area (Å²) in [5.41, 5.74) is 11.1. The average molecular weight is 510 g/mol. The third-order valence-electron chi connectivity index (χ3n) is 7.16. The van der Waals surface area contributed by atoms with Gasteiger partial charge in [0.25, 0.3) is 5.91 Å². The molecule has 2 aromatic carbocycles. The first kappa shape index (κ1) is 29.2. The van der Waals surface area contributed by atoms with Gasteiger partial charge in [0.15, 0.2) is 0 Å². The van der Waals surface area contributed by atoms with E-state index in [1.165, 1.54) is 30.4 Å². The predicted octanol–water partition coefficient (Wildman–Crippen LogP) is 4.65. The lowest BCUT2D eigenvalue weighted by atomic mass is 9.98. The van der Waals surface area contributed by atoms with Crippen LogP contribution in [0.5, 0.6) is 0 Å². The van der Waals surface area contributed by atoms with Crippen molar-refractivity contribution in [3.63, 3.8) is 0 Å². The predicted molar refractivity (Wildman–Crippen MR) is 152 cm³/mol. The van der Waals surface area contributed by atoms with Gasteiger partial charge in [-0.2, -0.15) is 0 Å². The van der Waals surface area contributed by atoms with Gasteiger partial charge in [0.05, 0.1) is 11.3 Å². The summed E-state index contributed by atoms with van der Waals surface area (Å²) < 4.78 is 5.80. The number of aliphatic hydroxyl groups excluding tert-OH is 1. The molecule has 1 heterocycles. The number of aliphatic hydroxyl groups is 1. The van der Waals surface area contributed by atoms with Crippen LogP contribution in [0.2, 0.25) is 0 Å². The third-order valence-corrected chi connectivity index (χ3v) is 7.16. The molecule has 1 aliphatic rings. The van der Waals surface area contributed by atoms with Gasteiger partial charge in [-0.05, 0) is 87.6 Å². The maximum atomic E-state index is 12.2. The fourth-order valence-corrected chi connectivity index (χ4v) is 5.22. The SMILES string of the molecule is CC(Cc1cc2c(c(C(N)=O)c1)N(CCCO)CC2)NCCCCCCOCCCCc1ccccc1. The molecular formula is C31H47N3O3. The highest BCUT2D eigenvalue weighted by Crippen LogP contribution is 2.33. The smallest absolute Gasteiger partial charge is 0.250 e. The van der Waals surface area contributed by atoms with Crippen molar-refractivity contribution in [2.75, 3.05) is 44.4 Å². The number of fused-ring (bicyclic) bond motifs is 1. The lowest BCUT2D eigenvalue weighted by Gasteiger charge is -2.22. The molecule has 0 fully saturated rings. The molecule has 204 valence electrons. The van der Waals surface area contributed by atoms with Gasteiger partial charge in [-0.15, -0.1) is 0 Å². The highest BCUT2D eigenvalue weighted by molar-refractivity contribution is 6.00. The molecule has 0 bridgehead atoms. The van der Waals surface area contributed by atoms with E-state index in [0.29, 0.717) is 18.0 Å². The highest BCUT2D eigenvalue weighted by atomic mass is 16.5. The van der Waals surface area contributed by atoms with Crippen LogP contribution in [0.4, 0.5) is 5.69 Å². The maximum absolute atomic E-state index is 12.2. The Morgan fingerprint density at radius 3 is 2.54 bits per heavy atom. The molecule has 6 heteroatoms. The molecule has 1 unspecified atom stereocenters. The number of carbonyl (C=O) groups excluding carboxylic acids is 1. The van der Waals surface area contributed by atoms with E-state index in [1.807, 2.05) is 6.07 Å². The Hall–Kier alpha value is -2.41. The van der Waals surface area contributed by atoms with Crippen LogP contribution in [-0.2, 0) is 24.0 Å². The number of nitrogens with one attached hydrogen (secondary N) is 1. The minimum atomic E-state index is -0.370. The van der Waals surface area contributed by atoms with E-state index in [9.17, 15) is 9.90 Å². The van der Waals surface area contributed by atoms with Crippen LogP contribution in [0, 0.1) is 0 Å². The molecule has 6 nitrogen and oxygen atoms in total. The van der Waals surface area contributed by atoms with Crippen LogP contribution in [0.3, 0.4) is 0 Å². The molecule has 1 amide bonds. The number of unbranched alkanes of at least 4 members (excludes halogenated alkanes) is 4. The second-order valence-corrected chi connectivity index (χ2v) is 10.4. The summed E-state index contributed by atoms with van der Waals surface area (Å²) in [5.74, 6) is -0.370. The van der Waals surface area contributed by atoms with Gasteiger partial charge in [0.1, 0.15) is 0 Å². The summed E-state index contributed by atoms with van der Waals surface area (Å²) in [6, 6.07) is 15.2. The van der Waals surface area contributed by atoms with Crippen LogP contribution in [0.25, 0.3) is 0 Å². The van der Waals surface area contributed by atoms with Crippen molar-refractivity contribution in [3.8, 4) is 0 Å². The summed E-state index contributed by atoms with van der Waals surface area (Å²) >= 11 is 0. The molecular weight excluding hydrogens is 462 g/mol. The highest BCUT2D eigenvalue weighted by Gasteiger charge is 2.25. The zero-order valence-electron chi connectivity index (χ0n) is 22.7. The molecule has 37 heavy (non-hydrogen) atoms. The quantitative estimate of drug-likeness (QED) is 0.240. The number of primary amides is 1. The molecule has 1 atom stereocenters. The number of rotatable bonds is 19. The monoisotopic (exact) mass is 509 g/mol. The summed E-state index contributed by atoms with van der Waals surface area (Å²) in [4.78, 5) is 14.4. The van der Waals surface area contributed by atoms with Crippen LogP contribution >= 0.6 is 0 Å². The fourth-order valence-electron chi connectivity index (χ4n) is 5.22. The molecule has 0 saturated carbocycles. The number of ether oxygens (including phenoxy) is 1. The Labute approximate surface area is 223 Å². The first-order valence-electron chi connectivity index (χ1n) is 14.2. The molecule has 2 aromatic rings. The molecule has 0 aromatic heterocycles. The van der Waals surface area contributed by atoms with Gasteiger partial charge in [-0.25, -0.2) is 0 Å². The van der Waals surface area contributed by atoms with Crippen molar-refractivity contribution in [3.05, 3.63) is 64.7 Å². The lowest BCUT2D eigenvalue weighted by Crippen LogP contribution is -2.29. The van der Waals surface area contributed by atoms with Gasteiger partial charge in [-0.1, -0.05) is 49.2 Å². The number of hydrogen-bond donors (Lipinski definition) is 3. The minimum Gasteiger partial charge on any atom is -0.396 e. The Kier molecular flexibility index (Phi) is 12.9. The lowest BCUT2D eigenvalue weighted by molar-refractivity contribution is 0.100. The van der Waals surface area contributed by atoms with Crippen molar-refractivity contribution in [1.82, 2.24) is 5.32 Å².